The van der Waals surface area contributed by atoms with Gasteiger partial charge >= 0.3 is 5.97 Å². The van der Waals surface area contributed by atoms with E-state index in [-0.39, 0.29) is 0 Å². The zero-order valence-electron chi connectivity index (χ0n) is 10.7. The Hall–Kier alpha value is -1.39. The molecule has 1 aromatic carbocycles. The second-order valence-corrected chi connectivity index (χ2v) is 4.99. The number of carboxylic acids is 1. The Balaban J connectivity index is 1.86. The molecule has 1 aliphatic rings. The Bertz CT molecular complexity index is 397. The molecular weight excluding hydrogens is 228 g/mol. The van der Waals surface area contributed by atoms with Gasteiger partial charge in [0, 0.05) is 19.1 Å². The minimum atomic E-state index is -0.870. The molecule has 1 aromatic rings. The number of rotatable bonds is 5. The van der Waals surface area contributed by atoms with Gasteiger partial charge in [-0.3, -0.25) is 0 Å². The molecule has 0 amide bonds. The van der Waals surface area contributed by atoms with Crippen molar-refractivity contribution in [1.82, 2.24) is 10.2 Å². The molecule has 0 bridgehead atoms. The van der Waals surface area contributed by atoms with Crippen molar-refractivity contribution >= 4 is 5.97 Å². The summed E-state index contributed by atoms with van der Waals surface area (Å²) < 4.78 is 0. The number of hydrogen-bond donors (Lipinski definition) is 2. The summed E-state index contributed by atoms with van der Waals surface area (Å²) in [6.45, 7) is 3.03. The quantitative estimate of drug-likeness (QED) is 0.830. The van der Waals surface area contributed by atoms with Crippen molar-refractivity contribution in [1.29, 1.82) is 0 Å². The van der Waals surface area contributed by atoms with Crippen LogP contribution < -0.4 is 5.32 Å². The maximum absolute atomic E-state index is 10.7. The van der Waals surface area contributed by atoms with E-state index in [2.05, 4.69) is 17.3 Å². The summed E-state index contributed by atoms with van der Waals surface area (Å²) in [5.41, 5.74) is 1.50. The van der Waals surface area contributed by atoms with Crippen molar-refractivity contribution in [3.8, 4) is 0 Å². The summed E-state index contributed by atoms with van der Waals surface area (Å²) in [6.07, 6.45) is 2.52. The molecule has 1 heterocycles. The SMILES string of the molecule is CN(Cc1ccc(C(=O)O)cc1)CC1CCCN1. The van der Waals surface area contributed by atoms with Crippen LogP contribution in [0.5, 0.6) is 0 Å². The van der Waals surface area contributed by atoms with Crippen LogP contribution in [0.25, 0.3) is 0 Å². The van der Waals surface area contributed by atoms with Gasteiger partial charge in [0.1, 0.15) is 0 Å². The van der Waals surface area contributed by atoms with Gasteiger partial charge < -0.3 is 15.3 Å². The van der Waals surface area contributed by atoms with E-state index in [1.165, 1.54) is 12.8 Å². The third kappa shape index (κ3) is 3.55. The van der Waals surface area contributed by atoms with Crippen LogP contribution in [0.1, 0.15) is 28.8 Å². The summed E-state index contributed by atoms with van der Waals surface area (Å²) in [6, 6.07) is 7.72. The number of aromatic carboxylic acids is 1. The number of benzene rings is 1. The molecular formula is C14H20N2O2. The highest BCUT2D eigenvalue weighted by atomic mass is 16.4. The minimum absolute atomic E-state index is 0.346. The fourth-order valence-electron chi connectivity index (χ4n) is 2.42. The first-order chi connectivity index (χ1) is 8.65. The molecule has 18 heavy (non-hydrogen) atoms. The van der Waals surface area contributed by atoms with Crippen LogP contribution in [0.2, 0.25) is 0 Å². The number of carbonyl (C=O) groups is 1. The molecule has 98 valence electrons. The number of carboxylic acid groups (broad SMARTS) is 1. The molecule has 0 aliphatic carbocycles. The molecule has 2 N–H and O–H groups in total. The normalized spacial score (nSPS) is 19.3. The average molecular weight is 248 g/mol. The van der Waals surface area contributed by atoms with Gasteiger partial charge in [0.05, 0.1) is 5.56 Å². The highest BCUT2D eigenvalue weighted by Crippen LogP contribution is 2.10. The topological polar surface area (TPSA) is 52.6 Å². The first kappa shape index (κ1) is 13.1. The zero-order valence-corrected chi connectivity index (χ0v) is 10.7. The molecule has 4 nitrogen and oxygen atoms in total. The minimum Gasteiger partial charge on any atom is -0.478 e. The molecule has 0 spiro atoms. The van der Waals surface area contributed by atoms with E-state index in [0.717, 1.165) is 25.2 Å². The maximum atomic E-state index is 10.7. The van der Waals surface area contributed by atoms with E-state index in [4.69, 9.17) is 5.11 Å². The van der Waals surface area contributed by atoms with E-state index in [1.807, 2.05) is 12.1 Å². The third-order valence-corrected chi connectivity index (χ3v) is 3.35. The Morgan fingerprint density at radius 1 is 1.44 bits per heavy atom. The zero-order chi connectivity index (χ0) is 13.0. The third-order valence-electron chi connectivity index (χ3n) is 3.35. The average Bonchev–Trinajstić information content (AvgIpc) is 2.82. The van der Waals surface area contributed by atoms with Crippen molar-refractivity contribution in [2.45, 2.75) is 25.4 Å². The smallest absolute Gasteiger partial charge is 0.335 e. The molecule has 2 rings (SSSR count). The second-order valence-electron chi connectivity index (χ2n) is 4.99. The summed E-state index contributed by atoms with van der Waals surface area (Å²) in [5, 5.41) is 12.3. The predicted octanol–water partition coefficient (Wildman–Crippen LogP) is 1.57. The van der Waals surface area contributed by atoms with Crippen molar-refractivity contribution in [2.75, 3.05) is 20.1 Å². The predicted molar refractivity (Wildman–Crippen MR) is 70.8 cm³/mol. The van der Waals surface area contributed by atoms with Gasteiger partial charge in [0.15, 0.2) is 0 Å². The first-order valence-electron chi connectivity index (χ1n) is 6.39. The lowest BCUT2D eigenvalue weighted by Crippen LogP contribution is -2.34. The van der Waals surface area contributed by atoms with E-state index in [1.54, 1.807) is 12.1 Å². The van der Waals surface area contributed by atoms with E-state index in [0.29, 0.717) is 11.6 Å². The van der Waals surface area contributed by atoms with Crippen molar-refractivity contribution < 1.29 is 9.90 Å². The summed E-state index contributed by atoms with van der Waals surface area (Å²) >= 11 is 0. The lowest BCUT2D eigenvalue weighted by Gasteiger charge is -2.21. The van der Waals surface area contributed by atoms with Crippen LogP contribution in [0.4, 0.5) is 0 Å². The van der Waals surface area contributed by atoms with Gasteiger partial charge in [-0.05, 0) is 44.1 Å². The van der Waals surface area contributed by atoms with Gasteiger partial charge in [-0.1, -0.05) is 12.1 Å². The standard InChI is InChI=1S/C14H20N2O2/c1-16(10-13-3-2-8-15-13)9-11-4-6-12(7-5-11)14(17)18/h4-7,13,15H,2-3,8-10H2,1H3,(H,17,18). The Morgan fingerprint density at radius 2 is 2.17 bits per heavy atom. The van der Waals surface area contributed by atoms with Gasteiger partial charge in [0.2, 0.25) is 0 Å². The molecule has 1 saturated heterocycles. The van der Waals surface area contributed by atoms with Crippen LogP contribution in [-0.2, 0) is 6.54 Å². The van der Waals surface area contributed by atoms with Crippen LogP contribution in [0.15, 0.2) is 24.3 Å². The van der Waals surface area contributed by atoms with Crippen LogP contribution in [-0.4, -0.2) is 42.2 Å². The van der Waals surface area contributed by atoms with Gasteiger partial charge in [-0.2, -0.15) is 0 Å². The van der Waals surface area contributed by atoms with E-state index >= 15 is 0 Å². The van der Waals surface area contributed by atoms with Crippen molar-refractivity contribution in [3.63, 3.8) is 0 Å². The number of hydrogen-bond acceptors (Lipinski definition) is 3. The Morgan fingerprint density at radius 3 is 2.72 bits per heavy atom. The monoisotopic (exact) mass is 248 g/mol. The van der Waals surface area contributed by atoms with Crippen LogP contribution >= 0.6 is 0 Å². The largest absolute Gasteiger partial charge is 0.478 e. The van der Waals surface area contributed by atoms with Crippen molar-refractivity contribution in [3.05, 3.63) is 35.4 Å². The molecule has 4 heteroatoms. The summed E-state index contributed by atoms with van der Waals surface area (Å²) in [4.78, 5) is 13.0. The fourth-order valence-corrected chi connectivity index (χ4v) is 2.42. The van der Waals surface area contributed by atoms with Gasteiger partial charge in [-0.25, -0.2) is 4.79 Å². The molecule has 1 atom stereocenters. The summed E-state index contributed by atoms with van der Waals surface area (Å²) in [7, 11) is 2.10. The molecule has 1 unspecified atom stereocenters. The van der Waals surface area contributed by atoms with Crippen LogP contribution in [0.3, 0.4) is 0 Å². The Labute approximate surface area is 108 Å². The van der Waals surface area contributed by atoms with Crippen molar-refractivity contribution in [2.24, 2.45) is 0 Å². The summed E-state index contributed by atoms with van der Waals surface area (Å²) in [5.74, 6) is -0.870. The molecule has 0 aromatic heterocycles. The van der Waals surface area contributed by atoms with Gasteiger partial charge in [0.25, 0.3) is 0 Å². The second kappa shape index (κ2) is 5.98. The number of nitrogens with one attached hydrogen (secondary N) is 1. The Kier molecular flexibility index (Phi) is 4.33. The van der Waals surface area contributed by atoms with Crippen LogP contribution in [0, 0.1) is 0 Å². The maximum Gasteiger partial charge on any atom is 0.335 e. The first-order valence-corrected chi connectivity index (χ1v) is 6.39. The number of likely N-dealkylation sites (N-methyl/N-ethyl adjacent to an activating group) is 1. The molecule has 1 fully saturated rings. The van der Waals surface area contributed by atoms with E-state index < -0.39 is 5.97 Å². The molecule has 1 aliphatic heterocycles. The molecule has 0 saturated carbocycles. The lowest BCUT2D eigenvalue weighted by molar-refractivity contribution is 0.0697. The lowest BCUT2D eigenvalue weighted by atomic mass is 10.1. The highest BCUT2D eigenvalue weighted by Gasteiger charge is 2.15. The highest BCUT2D eigenvalue weighted by molar-refractivity contribution is 5.87. The molecule has 0 radical (unpaired) electrons. The fraction of sp³-hybridized carbons (Fsp3) is 0.500. The van der Waals surface area contributed by atoms with Gasteiger partial charge in [-0.15, -0.1) is 0 Å². The van der Waals surface area contributed by atoms with E-state index in [9.17, 15) is 4.79 Å². The number of nitrogens with zero attached hydrogens (tertiary/aromatic N) is 1.